The summed E-state index contributed by atoms with van der Waals surface area (Å²) in [6.07, 6.45) is 2.00. The van der Waals surface area contributed by atoms with E-state index in [2.05, 4.69) is 18.7 Å². The Balaban J connectivity index is 2.50. The molecule has 0 aromatic rings. The third-order valence-corrected chi connectivity index (χ3v) is 3.34. The third kappa shape index (κ3) is 2.94. The van der Waals surface area contributed by atoms with Gasteiger partial charge in [-0.25, -0.2) is 0 Å². The fourth-order valence-corrected chi connectivity index (χ4v) is 2.09. The molecule has 0 saturated carbocycles. The van der Waals surface area contributed by atoms with Crippen LogP contribution in [0.2, 0.25) is 0 Å². The molecule has 84 valence electrons. The second-order valence-electron chi connectivity index (χ2n) is 4.23. The average molecular weight is 201 g/mol. The Bertz CT molecular complexity index is 151. The van der Waals surface area contributed by atoms with Gasteiger partial charge in [-0.1, -0.05) is 13.8 Å². The van der Waals surface area contributed by atoms with Crippen LogP contribution in [0.25, 0.3) is 0 Å². The highest BCUT2D eigenvalue weighted by molar-refractivity contribution is 4.84. The second-order valence-corrected chi connectivity index (χ2v) is 4.23. The predicted molar refractivity (Wildman–Crippen MR) is 57.4 cm³/mol. The molecule has 0 aromatic heterocycles. The van der Waals surface area contributed by atoms with E-state index in [9.17, 15) is 5.11 Å². The van der Waals surface area contributed by atoms with E-state index >= 15 is 0 Å². The van der Waals surface area contributed by atoms with Crippen molar-refractivity contribution in [2.45, 2.75) is 26.7 Å². The molecule has 0 bridgehead atoms. The quantitative estimate of drug-likeness (QED) is 0.723. The number of nitrogens with zero attached hydrogens (tertiary/aromatic N) is 1. The highest BCUT2D eigenvalue weighted by Crippen LogP contribution is 2.30. The van der Waals surface area contributed by atoms with Crippen LogP contribution in [-0.4, -0.2) is 49.5 Å². The van der Waals surface area contributed by atoms with E-state index in [0.717, 1.165) is 45.7 Å². The summed E-state index contributed by atoms with van der Waals surface area (Å²) in [6, 6.07) is 0. The lowest BCUT2D eigenvalue weighted by atomic mass is 9.80. The fraction of sp³-hybridized carbons (Fsp3) is 1.00. The molecule has 1 aliphatic rings. The first-order chi connectivity index (χ1) is 6.76. The third-order valence-electron chi connectivity index (χ3n) is 3.34. The normalized spacial score (nSPS) is 21.4. The molecule has 14 heavy (non-hydrogen) atoms. The number of rotatable bonds is 5. The van der Waals surface area contributed by atoms with Gasteiger partial charge in [-0.2, -0.15) is 0 Å². The second kappa shape index (κ2) is 5.69. The van der Waals surface area contributed by atoms with Gasteiger partial charge in [0.1, 0.15) is 0 Å². The smallest absolute Gasteiger partial charge is 0.0501 e. The predicted octanol–water partition coefficient (Wildman–Crippen LogP) is 1.12. The molecule has 0 unspecified atom stereocenters. The highest BCUT2D eigenvalue weighted by atomic mass is 16.5. The molecule has 0 amide bonds. The Hall–Kier alpha value is -0.120. The van der Waals surface area contributed by atoms with Crippen molar-refractivity contribution < 1.29 is 9.84 Å². The fourth-order valence-electron chi connectivity index (χ4n) is 2.09. The van der Waals surface area contributed by atoms with E-state index in [-0.39, 0.29) is 5.41 Å². The van der Waals surface area contributed by atoms with Gasteiger partial charge in [0.05, 0.1) is 6.61 Å². The zero-order valence-electron chi connectivity index (χ0n) is 9.46. The summed E-state index contributed by atoms with van der Waals surface area (Å²) in [6.45, 7) is 9.41. The Labute approximate surface area is 87.1 Å². The van der Waals surface area contributed by atoms with Gasteiger partial charge in [-0.15, -0.1) is 0 Å². The van der Waals surface area contributed by atoms with Crippen LogP contribution in [0.1, 0.15) is 26.7 Å². The minimum Gasteiger partial charge on any atom is -0.396 e. The van der Waals surface area contributed by atoms with Gasteiger partial charge in [0.25, 0.3) is 0 Å². The Morgan fingerprint density at radius 1 is 1.21 bits per heavy atom. The molecule has 1 fully saturated rings. The first kappa shape index (κ1) is 12.0. The molecule has 1 heterocycles. The van der Waals surface area contributed by atoms with Crippen molar-refractivity contribution in [3.8, 4) is 0 Å². The summed E-state index contributed by atoms with van der Waals surface area (Å²) >= 11 is 0. The van der Waals surface area contributed by atoms with Gasteiger partial charge in [0.15, 0.2) is 0 Å². The summed E-state index contributed by atoms with van der Waals surface area (Å²) in [7, 11) is 0. The summed E-state index contributed by atoms with van der Waals surface area (Å²) in [5, 5.41) is 9.50. The van der Waals surface area contributed by atoms with Crippen LogP contribution in [-0.2, 0) is 4.74 Å². The molecule has 0 aromatic carbocycles. The number of ether oxygens (including phenoxy) is 1. The minimum atomic E-state index is 0.101. The molecule has 0 atom stereocenters. The van der Waals surface area contributed by atoms with Crippen LogP contribution in [0.15, 0.2) is 0 Å². The van der Waals surface area contributed by atoms with Crippen molar-refractivity contribution >= 4 is 0 Å². The first-order valence-electron chi connectivity index (χ1n) is 5.67. The Kier molecular flexibility index (Phi) is 4.85. The zero-order valence-corrected chi connectivity index (χ0v) is 9.46. The van der Waals surface area contributed by atoms with Crippen molar-refractivity contribution in [3.05, 3.63) is 0 Å². The van der Waals surface area contributed by atoms with Crippen molar-refractivity contribution in [3.63, 3.8) is 0 Å². The molecule has 1 saturated heterocycles. The van der Waals surface area contributed by atoms with E-state index in [0.29, 0.717) is 6.61 Å². The summed E-state index contributed by atoms with van der Waals surface area (Å²) in [5.41, 5.74) is 0.101. The number of aliphatic hydroxyl groups excluding tert-OH is 1. The molecule has 3 heteroatoms. The summed E-state index contributed by atoms with van der Waals surface area (Å²) in [4.78, 5) is 2.39. The largest absolute Gasteiger partial charge is 0.396 e. The van der Waals surface area contributed by atoms with Gasteiger partial charge in [-0.05, 0) is 25.9 Å². The molecule has 1 aliphatic heterocycles. The van der Waals surface area contributed by atoms with E-state index in [1.54, 1.807) is 0 Å². The summed E-state index contributed by atoms with van der Waals surface area (Å²) in [5.74, 6) is 0. The highest BCUT2D eigenvalue weighted by Gasteiger charge is 2.33. The van der Waals surface area contributed by atoms with E-state index in [4.69, 9.17) is 4.74 Å². The molecule has 3 nitrogen and oxygen atoms in total. The molecule has 1 rings (SSSR count). The Morgan fingerprint density at radius 3 is 2.21 bits per heavy atom. The van der Waals surface area contributed by atoms with E-state index in [1.807, 2.05) is 0 Å². The maximum Gasteiger partial charge on any atom is 0.0501 e. The number of aliphatic hydroxyl groups is 1. The van der Waals surface area contributed by atoms with Crippen LogP contribution in [0.5, 0.6) is 0 Å². The monoisotopic (exact) mass is 201 g/mol. The SMILES string of the molecule is CCN(CC)CC1(CO)CCOCC1. The maximum atomic E-state index is 9.50. The van der Waals surface area contributed by atoms with Crippen molar-refractivity contribution in [1.82, 2.24) is 4.90 Å². The van der Waals surface area contributed by atoms with Crippen LogP contribution in [0.3, 0.4) is 0 Å². The van der Waals surface area contributed by atoms with E-state index in [1.165, 1.54) is 0 Å². The first-order valence-corrected chi connectivity index (χ1v) is 5.67. The molecule has 0 radical (unpaired) electrons. The molecule has 0 spiro atoms. The van der Waals surface area contributed by atoms with Crippen LogP contribution in [0, 0.1) is 5.41 Å². The van der Waals surface area contributed by atoms with Crippen LogP contribution >= 0.6 is 0 Å². The van der Waals surface area contributed by atoms with Crippen LogP contribution < -0.4 is 0 Å². The Morgan fingerprint density at radius 2 is 1.79 bits per heavy atom. The van der Waals surface area contributed by atoms with Gasteiger partial charge in [-0.3, -0.25) is 0 Å². The summed E-state index contributed by atoms with van der Waals surface area (Å²) < 4.78 is 5.35. The van der Waals surface area contributed by atoms with Crippen molar-refractivity contribution in [1.29, 1.82) is 0 Å². The van der Waals surface area contributed by atoms with Gasteiger partial charge in [0, 0.05) is 25.2 Å². The molecule has 0 aliphatic carbocycles. The molecular weight excluding hydrogens is 178 g/mol. The van der Waals surface area contributed by atoms with Gasteiger partial charge in [0.2, 0.25) is 0 Å². The lowest BCUT2D eigenvalue weighted by Gasteiger charge is -2.39. The van der Waals surface area contributed by atoms with Crippen LogP contribution in [0.4, 0.5) is 0 Å². The van der Waals surface area contributed by atoms with Gasteiger partial charge >= 0.3 is 0 Å². The topological polar surface area (TPSA) is 32.7 Å². The van der Waals surface area contributed by atoms with Crippen molar-refractivity contribution in [2.24, 2.45) is 5.41 Å². The number of hydrogen-bond acceptors (Lipinski definition) is 3. The van der Waals surface area contributed by atoms with Crippen molar-refractivity contribution in [2.75, 3.05) is 39.5 Å². The lowest BCUT2D eigenvalue weighted by Crippen LogP contribution is -2.43. The number of hydrogen-bond donors (Lipinski definition) is 1. The lowest BCUT2D eigenvalue weighted by molar-refractivity contribution is -0.0329. The molecular formula is C11H23NO2. The minimum absolute atomic E-state index is 0.101. The zero-order chi connectivity index (χ0) is 10.4. The van der Waals surface area contributed by atoms with Gasteiger partial charge < -0.3 is 14.7 Å². The standard InChI is InChI=1S/C11H23NO2/c1-3-12(4-2)9-11(10-13)5-7-14-8-6-11/h13H,3-10H2,1-2H3. The maximum absolute atomic E-state index is 9.50. The molecule has 1 N–H and O–H groups in total. The van der Waals surface area contributed by atoms with E-state index < -0.39 is 0 Å². The average Bonchev–Trinajstić information content (AvgIpc) is 2.27.